The number of rotatable bonds is 6. The number of methoxy groups -OCH3 is 1. The van der Waals surface area contributed by atoms with Crippen LogP contribution in [0.25, 0.3) is 6.08 Å². The molecule has 0 spiro atoms. The maximum absolute atomic E-state index is 12.1. The van der Waals surface area contributed by atoms with Crippen LogP contribution in [0.2, 0.25) is 5.02 Å². The van der Waals surface area contributed by atoms with Gasteiger partial charge >= 0.3 is 5.97 Å². The molecule has 0 aliphatic rings. The molecule has 1 aromatic heterocycles. The minimum atomic E-state index is -0.737. The molecule has 1 heterocycles. The highest BCUT2D eigenvalue weighted by molar-refractivity contribution is 6.31. The summed E-state index contributed by atoms with van der Waals surface area (Å²) in [5, 5.41) is 0.333. The van der Waals surface area contributed by atoms with Crippen molar-refractivity contribution in [3.63, 3.8) is 0 Å². The second kappa shape index (κ2) is 9.28. The average molecular weight is 379 g/mol. The maximum Gasteiger partial charge on any atom is 0.331 e. The van der Waals surface area contributed by atoms with Gasteiger partial charge in [-0.05, 0) is 36.4 Å². The number of hydrogen-bond acceptors (Lipinski definition) is 6. The fraction of sp³-hybridized carbons (Fsp3) is 0.118. The van der Waals surface area contributed by atoms with Gasteiger partial charge in [-0.1, -0.05) is 11.6 Å². The van der Waals surface area contributed by atoms with E-state index < -0.39 is 24.4 Å². The van der Waals surface area contributed by atoms with Crippen LogP contribution < -0.4 is 15.6 Å². The zero-order valence-corrected chi connectivity index (χ0v) is 14.4. The molecular weight excluding hydrogens is 364 g/mol. The highest BCUT2D eigenvalue weighted by Gasteiger charge is 2.14. The van der Waals surface area contributed by atoms with Crippen molar-refractivity contribution in [1.29, 1.82) is 0 Å². The Balaban J connectivity index is 1.79. The number of ether oxygens (including phenoxy) is 2. The number of esters is 1. The lowest BCUT2D eigenvalue weighted by atomic mass is 10.2. The second-order valence-electron chi connectivity index (χ2n) is 4.80. The summed E-state index contributed by atoms with van der Waals surface area (Å²) in [7, 11) is 1.40. The summed E-state index contributed by atoms with van der Waals surface area (Å²) in [4.78, 5) is 35.2. The first-order valence-electron chi connectivity index (χ1n) is 7.30. The maximum atomic E-state index is 12.1. The average Bonchev–Trinajstić information content (AvgIpc) is 3.16. The number of furan rings is 1. The van der Waals surface area contributed by atoms with Gasteiger partial charge in [-0.3, -0.25) is 20.4 Å². The molecule has 1 aromatic carbocycles. The quantitative estimate of drug-likeness (QED) is 0.452. The Hall–Kier alpha value is -3.26. The first-order valence-corrected chi connectivity index (χ1v) is 7.68. The number of hydrogen-bond donors (Lipinski definition) is 2. The highest BCUT2D eigenvalue weighted by Crippen LogP contribution is 2.22. The molecule has 0 unspecified atom stereocenters. The molecule has 0 aliphatic carbocycles. The monoisotopic (exact) mass is 378 g/mol. The molecule has 8 nitrogen and oxygen atoms in total. The van der Waals surface area contributed by atoms with E-state index >= 15 is 0 Å². The van der Waals surface area contributed by atoms with Gasteiger partial charge in [-0.25, -0.2) is 4.79 Å². The molecule has 0 bridgehead atoms. The lowest BCUT2D eigenvalue weighted by Crippen LogP contribution is -2.43. The summed E-state index contributed by atoms with van der Waals surface area (Å²) in [5.41, 5.74) is 4.43. The molecule has 2 N–H and O–H groups in total. The van der Waals surface area contributed by atoms with E-state index in [1.54, 1.807) is 18.2 Å². The Kier molecular flexibility index (Phi) is 6.81. The lowest BCUT2D eigenvalue weighted by Gasteiger charge is -2.10. The van der Waals surface area contributed by atoms with Gasteiger partial charge < -0.3 is 13.9 Å². The van der Waals surface area contributed by atoms with Crippen molar-refractivity contribution in [3.8, 4) is 5.75 Å². The highest BCUT2D eigenvalue weighted by atomic mass is 35.5. The fourth-order valence-electron chi connectivity index (χ4n) is 1.81. The molecule has 26 heavy (non-hydrogen) atoms. The van der Waals surface area contributed by atoms with Gasteiger partial charge in [0.2, 0.25) is 0 Å². The van der Waals surface area contributed by atoms with Crippen molar-refractivity contribution in [2.45, 2.75) is 0 Å². The van der Waals surface area contributed by atoms with Crippen LogP contribution in [-0.2, 0) is 14.3 Å². The van der Waals surface area contributed by atoms with E-state index in [-0.39, 0.29) is 11.3 Å². The number of halogens is 1. The topological polar surface area (TPSA) is 107 Å². The van der Waals surface area contributed by atoms with Gasteiger partial charge in [0, 0.05) is 11.1 Å². The van der Waals surface area contributed by atoms with Crippen LogP contribution >= 0.6 is 11.6 Å². The molecule has 0 saturated heterocycles. The van der Waals surface area contributed by atoms with Crippen molar-refractivity contribution in [1.82, 2.24) is 10.9 Å². The number of nitrogens with one attached hydrogen (secondary N) is 2. The van der Waals surface area contributed by atoms with Crippen molar-refractivity contribution in [2.75, 3.05) is 13.7 Å². The Bertz CT molecular complexity index is 817. The minimum Gasteiger partial charge on any atom is -0.496 e. The van der Waals surface area contributed by atoms with E-state index in [1.807, 2.05) is 0 Å². The van der Waals surface area contributed by atoms with Crippen LogP contribution in [0.4, 0.5) is 0 Å². The predicted molar refractivity (Wildman–Crippen MR) is 92.3 cm³/mol. The standard InChI is InChI=1S/C17H15ClN2O6/c1-24-14-6-4-11(18)9-13(14)17(23)20-19-15(21)10-26-16(22)7-5-12-3-2-8-25-12/h2-9H,10H2,1H3,(H,19,21)(H,20,23)/b7-5+. The van der Waals surface area contributed by atoms with Crippen LogP contribution in [0.3, 0.4) is 0 Å². The molecule has 136 valence electrons. The van der Waals surface area contributed by atoms with Gasteiger partial charge in [0.25, 0.3) is 11.8 Å². The van der Waals surface area contributed by atoms with Crippen molar-refractivity contribution in [3.05, 3.63) is 59.0 Å². The number of carbonyl (C=O) groups is 3. The van der Waals surface area contributed by atoms with Gasteiger partial charge in [0.05, 0.1) is 18.9 Å². The molecule has 0 radical (unpaired) electrons. The molecule has 0 fully saturated rings. The number of benzene rings is 1. The molecule has 2 rings (SSSR count). The third-order valence-corrected chi connectivity index (χ3v) is 3.23. The summed E-state index contributed by atoms with van der Waals surface area (Å²) in [5.74, 6) is -1.34. The van der Waals surface area contributed by atoms with Crippen LogP contribution in [0.1, 0.15) is 16.1 Å². The third-order valence-electron chi connectivity index (χ3n) is 2.99. The largest absolute Gasteiger partial charge is 0.496 e. The zero-order chi connectivity index (χ0) is 18.9. The smallest absolute Gasteiger partial charge is 0.331 e. The number of carbonyl (C=O) groups excluding carboxylic acids is 3. The van der Waals surface area contributed by atoms with Crippen LogP contribution in [-0.4, -0.2) is 31.5 Å². The van der Waals surface area contributed by atoms with Crippen LogP contribution in [0, 0.1) is 0 Å². The Labute approximate surface area is 153 Å². The van der Waals surface area contributed by atoms with E-state index in [4.69, 9.17) is 25.5 Å². The molecular formula is C17H15ClN2O6. The Morgan fingerprint density at radius 1 is 1.23 bits per heavy atom. The molecule has 0 atom stereocenters. The third kappa shape index (κ3) is 5.67. The summed E-state index contributed by atoms with van der Waals surface area (Å²) < 4.78 is 14.8. The summed E-state index contributed by atoms with van der Waals surface area (Å²) in [6.45, 7) is -0.575. The number of hydrazine groups is 1. The molecule has 0 saturated carbocycles. The summed E-state index contributed by atoms with van der Waals surface area (Å²) in [6, 6.07) is 7.78. The number of amides is 2. The Morgan fingerprint density at radius 3 is 2.73 bits per heavy atom. The van der Waals surface area contributed by atoms with Crippen LogP contribution in [0.5, 0.6) is 5.75 Å². The van der Waals surface area contributed by atoms with Crippen LogP contribution in [0.15, 0.2) is 47.1 Å². The lowest BCUT2D eigenvalue weighted by molar-refractivity contribution is -0.144. The van der Waals surface area contributed by atoms with Gasteiger partial charge in [0.15, 0.2) is 6.61 Å². The molecule has 2 amide bonds. The predicted octanol–water partition coefficient (Wildman–Crippen LogP) is 1.96. The second-order valence-corrected chi connectivity index (χ2v) is 5.24. The summed E-state index contributed by atoms with van der Waals surface area (Å²) >= 11 is 5.84. The zero-order valence-electron chi connectivity index (χ0n) is 13.7. The minimum absolute atomic E-state index is 0.138. The first-order chi connectivity index (χ1) is 12.5. The first kappa shape index (κ1) is 19.1. The van der Waals surface area contributed by atoms with Crippen molar-refractivity contribution in [2.24, 2.45) is 0 Å². The van der Waals surface area contributed by atoms with E-state index in [9.17, 15) is 14.4 Å². The molecule has 9 heteroatoms. The van der Waals surface area contributed by atoms with Gasteiger partial charge in [-0.2, -0.15) is 0 Å². The van der Waals surface area contributed by atoms with Crippen molar-refractivity contribution < 1.29 is 28.3 Å². The van der Waals surface area contributed by atoms with Crippen molar-refractivity contribution >= 4 is 35.5 Å². The molecule has 2 aromatic rings. The summed E-state index contributed by atoms with van der Waals surface area (Å²) in [6.07, 6.45) is 3.96. The Morgan fingerprint density at radius 2 is 2.04 bits per heavy atom. The normalized spacial score (nSPS) is 10.4. The fourth-order valence-corrected chi connectivity index (χ4v) is 1.98. The van der Waals surface area contributed by atoms with E-state index in [1.165, 1.54) is 31.6 Å². The molecule has 0 aliphatic heterocycles. The van der Waals surface area contributed by atoms with E-state index in [2.05, 4.69) is 10.9 Å². The SMILES string of the molecule is COc1ccc(Cl)cc1C(=O)NNC(=O)COC(=O)/C=C/c1ccco1. The van der Waals surface area contributed by atoms with Gasteiger partial charge in [0.1, 0.15) is 11.5 Å². The van der Waals surface area contributed by atoms with Gasteiger partial charge in [-0.15, -0.1) is 0 Å². The van der Waals surface area contributed by atoms with E-state index in [0.29, 0.717) is 10.8 Å². The van der Waals surface area contributed by atoms with E-state index in [0.717, 1.165) is 6.08 Å².